The molecule has 4 aromatic carbocycles. The van der Waals surface area contributed by atoms with Gasteiger partial charge < -0.3 is 30.3 Å². The molecule has 2 heterocycles. The van der Waals surface area contributed by atoms with Crippen molar-refractivity contribution in [1.82, 2.24) is 9.97 Å². The molecule has 41 heavy (non-hydrogen) atoms. The van der Waals surface area contributed by atoms with E-state index in [9.17, 15) is 10.2 Å². The van der Waals surface area contributed by atoms with Gasteiger partial charge in [-0.05, 0) is 59.5 Å². The van der Waals surface area contributed by atoms with E-state index in [0.29, 0.717) is 36.2 Å². The topological polar surface area (TPSA) is 109 Å². The van der Waals surface area contributed by atoms with Gasteiger partial charge in [-0.15, -0.1) is 0 Å². The molecule has 1 atom stereocenters. The number of aliphatic hydroxyl groups is 2. The van der Waals surface area contributed by atoms with Crippen LogP contribution in [-0.4, -0.2) is 33.6 Å². The summed E-state index contributed by atoms with van der Waals surface area (Å²) in [7, 11) is 0. The summed E-state index contributed by atoms with van der Waals surface area (Å²) < 4.78 is 11.0. The van der Waals surface area contributed by atoms with E-state index in [0.717, 1.165) is 37.4 Å². The van der Waals surface area contributed by atoms with Gasteiger partial charge in [-0.2, -0.15) is 4.98 Å². The van der Waals surface area contributed by atoms with Crippen LogP contribution in [0.5, 0.6) is 11.5 Å². The lowest BCUT2D eigenvalue weighted by molar-refractivity contribution is 0.174. The van der Waals surface area contributed by atoms with Crippen molar-refractivity contribution >= 4 is 34.4 Å². The summed E-state index contributed by atoms with van der Waals surface area (Å²) in [6.07, 6.45) is 0.487. The predicted octanol–water partition coefficient (Wildman–Crippen LogP) is 6.15. The van der Waals surface area contributed by atoms with Crippen molar-refractivity contribution in [2.24, 2.45) is 0 Å². The van der Waals surface area contributed by atoms with Gasteiger partial charge in [0.05, 0.1) is 18.2 Å². The first-order valence-corrected chi connectivity index (χ1v) is 14.3. The average Bonchev–Trinajstić information content (AvgIpc) is 3.49. The summed E-state index contributed by atoms with van der Waals surface area (Å²) in [6, 6.07) is 29.5. The van der Waals surface area contributed by atoms with Gasteiger partial charge in [-0.1, -0.05) is 66.4 Å². The third-order valence-corrected chi connectivity index (χ3v) is 8.14. The second-order valence-corrected chi connectivity index (χ2v) is 10.6. The number of nitrogens with one attached hydrogen (secondary N) is 2. The van der Waals surface area contributed by atoms with E-state index >= 15 is 0 Å². The first-order chi connectivity index (χ1) is 20.2. The number of aromatic nitrogens is 2. The highest BCUT2D eigenvalue weighted by Crippen LogP contribution is 2.37. The highest BCUT2D eigenvalue weighted by Gasteiger charge is 2.20. The van der Waals surface area contributed by atoms with E-state index in [1.807, 2.05) is 78.9 Å². The van der Waals surface area contributed by atoms with Crippen LogP contribution in [0, 0.1) is 0 Å². The molecular weight excluding hydrogens is 536 g/mol. The Kier molecular flexibility index (Phi) is 8.18. The molecule has 208 valence electrons. The van der Waals surface area contributed by atoms with E-state index in [-0.39, 0.29) is 26.0 Å². The van der Waals surface area contributed by atoms with Gasteiger partial charge in [0.1, 0.15) is 5.82 Å². The monoisotopic (exact) mass is 566 g/mol. The summed E-state index contributed by atoms with van der Waals surface area (Å²) in [4.78, 5) is 11.8. The molecule has 4 N–H and O–H groups in total. The molecule has 9 heteroatoms. The molecule has 5 aromatic rings. The van der Waals surface area contributed by atoms with Crippen LogP contribution in [0.4, 0.5) is 11.8 Å². The number of nitrogens with zero attached hydrogens (tertiary/aromatic N) is 2. The van der Waals surface area contributed by atoms with Crippen molar-refractivity contribution in [3.63, 3.8) is 0 Å². The second kappa shape index (κ2) is 12.5. The van der Waals surface area contributed by atoms with Gasteiger partial charge in [0, 0.05) is 28.3 Å². The number of hydrogen-bond donors (Lipinski definition) is 4. The molecule has 8 nitrogen and oxygen atoms in total. The zero-order valence-electron chi connectivity index (χ0n) is 22.3. The van der Waals surface area contributed by atoms with Gasteiger partial charge in [-0.25, -0.2) is 4.98 Å². The molecule has 0 amide bonds. The molecule has 1 aromatic heterocycles. The highest BCUT2D eigenvalue weighted by molar-refractivity contribution is 7.99. The number of anilines is 2. The number of fused-ring (bicyclic) bond motifs is 2. The number of benzene rings is 4. The van der Waals surface area contributed by atoms with E-state index in [2.05, 4.69) is 22.8 Å². The summed E-state index contributed by atoms with van der Waals surface area (Å²) in [5, 5.41) is 27.5. The number of ether oxygens (including phenoxy) is 2. The van der Waals surface area contributed by atoms with Gasteiger partial charge in [0.2, 0.25) is 12.7 Å². The fraction of sp³-hybridized carbons (Fsp3) is 0.188. The predicted molar refractivity (Wildman–Crippen MR) is 160 cm³/mol. The van der Waals surface area contributed by atoms with Crippen molar-refractivity contribution < 1.29 is 19.7 Å². The normalized spacial score (nSPS) is 12.8. The van der Waals surface area contributed by atoms with E-state index < -0.39 is 0 Å². The molecular formula is C32H30N4O4S. The van der Waals surface area contributed by atoms with Crippen LogP contribution >= 0.6 is 11.8 Å². The lowest BCUT2D eigenvalue weighted by Crippen LogP contribution is -2.15. The summed E-state index contributed by atoms with van der Waals surface area (Å²) >= 11 is 1.63. The number of para-hydroxylation sites is 1. The number of aliphatic hydroxyl groups excluding tert-OH is 2. The molecule has 0 saturated heterocycles. The molecule has 0 saturated carbocycles. The zero-order chi connectivity index (χ0) is 28.0. The van der Waals surface area contributed by atoms with E-state index in [1.165, 1.54) is 0 Å². The molecule has 0 spiro atoms. The van der Waals surface area contributed by atoms with Crippen molar-refractivity contribution in [2.45, 2.75) is 35.4 Å². The Labute approximate surface area is 242 Å². The standard InChI is InChI=1S/C32H30N4O4S/c37-16-15-25(21-13-14-27-28(17-21)40-20-39-27)34-31-24-9-3-4-10-26(24)35-32(36-31)33-18-22-7-1-5-11-29(22)41-30-12-6-2-8-23(30)19-38/h1-14,17,25,37-38H,15-16,18-20H2,(H2,33,34,35,36). The van der Waals surface area contributed by atoms with E-state index in [4.69, 9.17) is 19.4 Å². The molecule has 0 bridgehead atoms. The minimum atomic E-state index is -0.204. The Balaban J connectivity index is 1.26. The Morgan fingerprint density at radius 3 is 2.37 bits per heavy atom. The van der Waals surface area contributed by atoms with Crippen molar-refractivity contribution in [2.75, 3.05) is 24.0 Å². The van der Waals surface area contributed by atoms with Crippen molar-refractivity contribution in [3.05, 3.63) is 108 Å². The van der Waals surface area contributed by atoms with Gasteiger partial charge >= 0.3 is 0 Å². The lowest BCUT2D eigenvalue weighted by atomic mass is 10.0. The van der Waals surface area contributed by atoms with Crippen LogP contribution < -0.4 is 20.1 Å². The Morgan fingerprint density at radius 1 is 0.805 bits per heavy atom. The average molecular weight is 567 g/mol. The second-order valence-electron chi connectivity index (χ2n) is 9.56. The van der Waals surface area contributed by atoms with Crippen LogP contribution in [0.2, 0.25) is 0 Å². The minimum absolute atomic E-state index is 0.00612. The third kappa shape index (κ3) is 6.07. The maximum absolute atomic E-state index is 9.86. The maximum Gasteiger partial charge on any atom is 0.231 e. The molecule has 1 aliphatic rings. The Hall–Kier alpha value is -4.31. The van der Waals surface area contributed by atoms with E-state index in [1.54, 1.807) is 11.8 Å². The van der Waals surface area contributed by atoms with Crippen LogP contribution in [0.1, 0.15) is 29.2 Å². The maximum atomic E-state index is 9.86. The molecule has 6 rings (SSSR count). The number of rotatable bonds is 11. The number of hydrogen-bond acceptors (Lipinski definition) is 9. The zero-order valence-corrected chi connectivity index (χ0v) is 23.1. The highest BCUT2D eigenvalue weighted by atomic mass is 32.2. The third-order valence-electron chi connectivity index (χ3n) is 6.90. The van der Waals surface area contributed by atoms with Crippen LogP contribution in [0.25, 0.3) is 10.9 Å². The van der Waals surface area contributed by atoms with Crippen LogP contribution in [0.3, 0.4) is 0 Å². The minimum Gasteiger partial charge on any atom is -0.454 e. The summed E-state index contributed by atoms with van der Waals surface area (Å²) in [6.45, 7) is 0.727. The SMILES string of the molecule is OCCC(Nc1nc(NCc2ccccc2Sc2ccccc2CO)nc2ccccc12)c1ccc2c(c1)OCO2. The van der Waals surface area contributed by atoms with Crippen LogP contribution in [0.15, 0.2) is 101 Å². The fourth-order valence-electron chi connectivity index (χ4n) is 4.79. The molecule has 0 radical (unpaired) electrons. The summed E-state index contributed by atoms with van der Waals surface area (Å²) in [5.41, 5.74) is 3.76. The quantitative estimate of drug-likeness (QED) is 0.150. The molecule has 0 fully saturated rings. The lowest BCUT2D eigenvalue weighted by Gasteiger charge is -2.21. The van der Waals surface area contributed by atoms with Gasteiger partial charge in [-0.3, -0.25) is 0 Å². The Morgan fingerprint density at radius 2 is 1.54 bits per heavy atom. The Bertz CT molecular complexity index is 1660. The molecule has 1 aliphatic heterocycles. The fourth-order valence-corrected chi connectivity index (χ4v) is 5.85. The van der Waals surface area contributed by atoms with Gasteiger partial charge in [0.15, 0.2) is 11.5 Å². The first kappa shape index (κ1) is 26.9. The van der Waals surface area contributed by atoms with Crippen molar-refractivity contribution in [1.29, 1.82) is 0 Å². The largest absolute Gasteiger partial charge is 0.454 e. The molecule has 1 unspecified atom stereocenters. The van der Waals surface area contributed by atoms with Crippen LogP contribution in [-0.2, 0) is 13.2 Å². The van der Waals surface area contributed by atoms with Crippen molar-refractivity contribution in [3.8, 4) is 11.5 Å². The van der Waals surface area contributed by atoms with Gasteiger partial charge in [0.25, 0.3) is 0 Å². The molecule has 0 aliphatic carbocycles. The first-order valence-electron chi connectivity index (χ1n) is 13.4. The summed E-state index contributed by atoms with van der Waals surface area (Å²) in [5.74, 6) is 2.58. The smallest absolute Gasteiger partial charge is 0.231 e.